The second-order valence-corrected chi connectivity index (χ2v) is 6.20. The van der Waals surface area contributed by atoms with Crippen LogP contribution in [0.4, 0.5) is 0 Å². The van der Waals surface area contributed by atoms with E-state index in [1.165, 1.54) is 16.5 Å². The first kappa shape index (κ1) is 17.2. The fraction of sp³-hybridized carbons (Fsp3) is 0.286. The van der Waals surface area contributed by atoms with Crippen LogP contribution in [0.25, 0.3) is 10.9 Å². The quantitative estimate of drug-likeness (QED) is 0.527. The Morgan fingerprint density at radius 2 is 1.68 bits per heavy atom. The predicted octanol–water partition coefficient (Wildman–Crippen LogP) is 3.05. The van der Waals surface area contributed by atoms with Crippen LogP contribution in [0.1, 0.15) is 17.5 Å². The lowest BCUT2D eigenvalue weighted by Gasteiger charge is -2.06. The van der Waals surface area contributed by atoms with Gasteiger partial charge in [-0.15, -0.1) is 0 Å². The molecule has 4 nitrogen and oxygen atoms in total. The van der Waals surface area contributed by atoms with E-state index in [0.717, 1.165) is 24.9 Å². The van der Waals surface area contributed by atoms with Crippen LogP contribution in [-0.4, -0.2) is 30.5 Å². The van der Waals surface area contributed by atoms with E-state index < -0.39 is 0 Å². The lowest BCUT2D eigenvalue weighted by molar-refractivity contribution is -0.120. The lowest BCUT2D eigenvalue weighted by atomic mass is 10.1. The highest BCUT2D eigenvalue weighted by atomic mass is 16.1. The van der Waals surface area contributed by atoms with Crippen LogP contribution in [0.3, 0.4) is 0 Å². The van der Waals surface area contributed by atoms with Gasteiger partial charge in [0.05, 0.1) is 0 Å². The largest absolute Gasteiger partial charge is 0.361 e. The molecule has 0 radical (unpaired) electrons. The molecule has 0 atom stereocenters. The molecule has 0 aliphatic carbocycles. The highest BCUT2D eigenvalue weighted by molar-refractivity contribution is 5.83. The van der Waals surface area contributed by atoms with Gasteiger partial charge in [-0.05, 0) is 36.6 Å². The lowest BCUT2D eigenvalue weighted by Crippen LogP contribution is -2.29. The van der Waals surface area contributed by atoms with Crippen LogP contribution >= 0.6 is 0 Å². The van der Waals surface area contributed by atoms with E-state index in [2.05, 4.69) is 52.0 Å². The Morgan fingerprint density at radius 1 is 0.880 bits per heavy atom. The van der Waals surface area contributed by atoms with Crippen molar-refractivity contribution in [3.8, 4) is 0 Å². The molecule has 2 aromatic carbocycles. The Hall–Kier alpha value is -2.59. The molecular formula is C21H25N3O. The molecule has 0 fully saturated rings. The molecule has 0 saturated carbocycles. The summed E-state index contributed by atoms with van der Waals surface area (Å²) in [6, 6.07) is 18.6. The average Bonchev–Trinajstić information content (AvgIpc) is 3.06. The van der Waals surface area contributed by atoms with E-state index in [1.54, 1.807) is 0 Å². The summed E-state index contributed by atoms with van der Waals surface area (Å²) < 4.78 is 0. The molecule has 1 aromatic heterocycles. The SMILES string of the molecule is O=C(CCNCCc1ccccc1)NCCc1c[nH]c2ccccc12. The number of rotatable bonds is 9. The number of carbonyl (C=O) groups excluding carboxylic acids is 1. The number of benzene rings is 2. The van der Waals surface area contributed by atoms with Gasteiger partial charge in [-0.3, -0.25) is 4.79 Å². The molecule has 0 aliphatic heterocycles. The second-order valence-electron chi connectivity index (χ2n) is 6.20. The van der Waals surface area contributed by atoms with Crippen LogP contribution in [0.2, 0.25) is 0 Å². The van der Waals surface area contributed by atoms with Gasteiger partial charge in [0.25, 0.3) is 0 Å². The minimum Gasteiger partial charge on any atom is -0.361 e. The van der Waals surface area contributed by atoms with Gasteiger partial charge in [0.2, 0.25) is 5.91 Å². The van der Waals surface area contributed by atoms with Crippen LogP contribution < -0.4 is 10.6 Å². The third kappa shape index (κ3) is 5.19. The zero-order chi connectivity index (χ0) is 17.3. The number of H-pyrrole nitrogens is 1. The zero-order valence-corrected chi connectivity index (χ0v) is 14.4. The zero-order valence-electron chi connectivity index (χ0n) is 14.4. The molecule has 3 rings (SSSR count). The number of amides is 1. The number of fused-ring (bicyclic) bond motifs is 1. The van der Waals surface area contributed by atoms with Crippen molar-refractivity contribution in [2.24, 2.45) is 0 Å². The van der Waals surface area contributed by atoms with Gasteiger partial charge in [-0.25, -0.2) is 0 Å². The number of hydrogen-bond acceptors (Lipinski definition) is 2. The third-order valence-electron chi connectivity index (χ3n) is 4.35. The minimum atomic E-state index is 0.104. The maximum Gasteiger partial charge on any atom is 0.221 e. The molecule has 1 heterocycles. The van der Waals surface area contributed by atoms with E-state index in [0.29, 0.717) is 19.5 Å². The smallest absolute Gasteiger partial charge is 0.221 e. The Kier molecular flexibility index (Phi) is 6.23. The van der Waals surface area contributed by atoms with Gasteiger partial charge in [0.15, 0.2) is 0 Å². The number of hydrogen-bond donors (Lipinski definition) is 3. The fourth-order valence-electron chi connectivity index (χ4n) is 2.97. The maximum absolute atomic E-state index is 11.9. The summed E-state index contributed by atoms with van der Waals surface area (Å²) in [5, 5.41) is 7.56. The average molecular weight is 335 g/mol. The third-order valence-corrected chi connectivity index (χ3v) is 4.35. The van der Waals surface area contributed by atoms with Gasteiger partial charge < -0.3 is 15.6 Å². The molecular weight excluding hydrogens is 310 g/mol. The van der Waals surface area contributed by atoms with Gasteiger partial charge >= 0.3 is 0 Å². The Labute approximate surface area is 148 Å². The molecule has 0 saturated heterocycles. The normalized spacial score (nSPS) is 10.9. The van der Waals surface area contributed by atoms with Crippen molar-refractivity contribution in [3.05, 3.63) is 71.9 Å². The van der Waals surface area contributed by atoms with Crippen molar-refractivity contribution in [1.29, 1.82) is 0 Å². The molecule has 0 aliphatic rings. The monoisotopic (exact) mass is 335 g/mol. The number of aromatic nitrogens is 1. The number of carbonyl (C=O) groups is 1. The van der Waals surface area contributed by atoms with Crippen LogP contribution in [0, 0.1) is 0 Å². The van der Waals surface area contributed by atoms with Gasteiger partial charge in [0, 0.05) is 36.6 Å². The molecule has 3 N–H and O–H groups in total. The van der Waals surface area contributed by atoms with E-state index in [9.17, 15) is 4.79 Å². The van der Waals surface area contributed by atoms with Gasteiger partial charge in [0.1, 0.15) is 0 Å². The van der Waals surface area contributed by atoms with Crippen molar-refractivity contribution in [2.75, 3.05) is 19.6 Å². The summed E-state index contributed by atoms with van der Waals surface area (Å²) in [4.78, 5) is 15.2. The predicted molar refractivity (Wildman–Crippen MR) is 103 cm³/mol. The molecule has 0 spiro atoms. The Bertz CT molecular complexity index is 795. The van der Waals surface area contributed by atoms with E-state index >= 15 is 0 Å². The van der Waals surface area contributed by atoms with Crippen molar-refractivity contribution in [2.45, 2.75) is 19.3 Å². The maximum atomic E-state index is 11.9. The summed E-state index contributed by atoms with van der Waals surface area (Å²) in [5.41, 5.74) is 3.71. The van der Waals surface area contributed by atoms with Crippen LogP contribution in [0.5, 0.6) is 0 Å². The highest BCUT2D eigenvalue weighted by Gasteiger charge is 2.04. The Balaban J connectivity index is 1.29. The first-order valence-electron chi connectivity index (χ1n) is 8.89. The molecule has 4 heteroatoms. The van der Waals surface area contributed by atoms with Gasteiger partial charge in [-0.2, -0.15) is 0 Å². The second kappa shape index (κ2) is 9.04. The summed E-state index contributed by atoms with van der Waals surface area (Å²) in [6.07, 6.45) is 4.38. The molecule has 1 amide bonds. The topological polar surface area (TPSA) is 56.9 Å². The summed E-state index contributed by atoms with van der Waals surface area (Å²) in [6.45, 7) is 2.28. The van der Waals surface area contributed by atoms with E-state index in [1.807, 2.05) is 24.4 Å². The molecule has 0 unspecified atom stereocenters. The highest BCUT2D eigenvalue weighted by Crippen LogP contribution is 2.17. The standard InChI is InChI=1S/C21H25N3O/c25-21(12-14-22-13-10-17-6-2-1-3-7-17)23-15-11-18-16-24-20-9-5-4-8-19(18)20/h1-9,16,22,24H,10-15H2,(H,23,25). The van der Waals surface area contributed by atoms with E-state index in [-0.39, 0.29) is 5.91 Å². The van der Waals surface area contributed by atoms with Crippen molar-refractivity contribution in [3.63, 3.8) is 0 Å². The van der Waals surface area contributed by atoms with Crippen molar-refractivity contribution < 1.29 is 4.79 Å². The summed E-state index contributed by atoms with van der Waals surface area (Å²) >= 11 is 0. The number of para-hydroxylation sites is 1. The first-order valence-corrected chi connectivity index (χ1v) is 8.89. The molecule has 0 bridgehead atoms. The van der Waals surface area contributed by atoms with Gasteiger partial charge in [-0.1, -0.05) is 48.5 Å². The van der Waals surface area contributed by atoms with Crippen molar-refractivity contribution >= 4 is 16.8 Å². The fourth-order valence-corrected chi connectivity index (χ4v) is 2.97. The molecule has 25 heavy (non-hydrogen) atoms. The summed E-state index contributed by atoms with van der Waals surface area (Å²) in [7, 11) is 0. The number of aromatic amines is 1. The van der Waals surface area contributed by atoms with E-state index in [4.69, 9.17) is 0 Å². The molecule has 3 aromatic rings. The van der Waals surface area contributed by atoms with Crippen molar-refractivity contribution in [1.82, 2.24) is 15.6 Å². The number of nitrogens with one attached hydrogen (secondary N) is 3. The Morgan fingerprint density at radius 3 is 2.56 bits per heavy atom. The summed E-state index contributed by atoms with van der Waals surface area (Å²) in [5.74, 6) is 0.104. The minimum absolute atomic E-state index is 0.104. The first-order chi connectivity index (χ1) is 12.3. The van der Waals surface area contributed by atoms with Crippen LogP contribution in [-0.2, 0) is 17.6 Å². The van der Waals surface area contributed by atoms with Crippen LogP contribution in [0.15, 0.2) is 60.8 Å². The molecule has 130 valence electrons.